The quantitative estimate of drug-likeness (QED) is 0.668. The van der Waals surface area contributed by atoms with Crippen LogP contribution in [0.5, 0.6) is 0 Å². The van der Waals surface area contributed by atoms with Crippen molar-refractivity contribution < 1.29 is 16.8 Å². The van der Waals surface area contributed by atoms with Gasteiger partial charge in [0.2, 0.25) is 0 Å². The van der Waals surface area contributed by atoms with E-state index >= 15 is 0 Å². The Bertz CT molecular complexity index is 532. The smallest absolute Gasteiger partial charge is 0.279 e. The Balaban J connectivity index is 1.88. The van der Waals surface area contributed by atoms with E-state index in [0.717, 1.165) is 12.8 Å². The van der Waals surface area contributed by atoms with Crippen molar-refractivity contribution in [3.8, 4) is 0 Å². The van der Waals surface area contributed by atoms with Gasteiger partial charge in [-0.1, -0.05) is 0 Å². The van der Waals surface area contributed by atoms with Gasteiger partial charge in [-0.25, -0.2) is 13.1 Å². The van der Waals surface area contributed by atoms with E-state index in [1.165, 1.54) is 4.31 Å². The molecule has 0 bridgehead atoms. The molecular weight excluding hydrogens is 302 g/mol. The molecule has 0 aromatic heterocycles. The molecule has 0 saturated carbocycles. The Kier molecular flexibility index (Phi) is 5.06. The summed E-state index contributed by atoms with van der Waals surface area (Å²) in [5.74, 6) is 0.358. The van der Waals surface area contributed by atoms with Gasteiger partial charge in [0, 0.05) is 19.6 Å². The summed E-state index contributed by atoms with van der Waals surface area (Å²) >= 11 is 0. The summed E-state index contributed by atoms with van der Waals surface area (Å²) in [7, 11) is -6.48. The zero-order valence-electron chi connectivity index (χ0n) is 11.5. The standard InChI is InChI=1S/C11H23N3O4S2/c12-6-10-2-1-4-14(8-10)20(17,18)13-7-11-3-5-19(15,16)9-11/h10-11,13H,1-9,12H2. The fraction of sp³-hybridized carbons (Fsp3) is 1.00. The molecule has 9 heteroatoms. The third kappa shape index (κ3) is 4.14. The van der Waals surface area contributed by atoms with Crippen molar-refractivity contribution in [2.45, 2.75) is 19.3 Å². The highest BCUT2D eigenvalue weighted by Gasteiger charge is 2.31. The number of nitrogens with two attached hydrogens (primary N) is 1. The third-order valence-electron chi connectivity index (χ3n) is 4.04. The summed E-state index contributed by atoms with van der Waals surface area (Å²) in [6.07, 6.45) is 2.32. The van der Waals surface area contributed by atoms with Crippen LogP contribution < -0.4 is 10.5 Å². The molecule has 2 fully saturated rings. The van der Waals surface area contributed by atoms with Crippen LogP contribution in [0.2, 0.25) is 0 Å². The topological polar surface area (TPSA) is 110 Å². The first-order valence-electron chi connectivity index (χ1n) is 6.97. The number of hydrogen-bond donors (Lipinski definition) is 2. The summed E-state index contributed by atoms with van der Waals surface area (Å²) in [4.78, 5) is 0. The molecule has 2 atom stereocenters. The molecule has 0 amide bonds. The van der Waals surface area contributed by atoms with Gasteiger partial charge in [0.25, 0.3) is 10.2 Å². The lowest BCUT2D eigenvalue weighted by Gasteiger charge is -2.31. The minimum Gasteiger partial charge on any atom is -0.330 e. The fourth-order valence-electron chi connectivity index (χ4n) is 2.79. The largest absolute Gasteiger partial charge is 0.330 e. The number of nitrogens with one attached hydrogen (secondary N) is 1. The number of sulfone groups is 1. The third-order valence-corrected chi connectivity index (χ3v) is 7.42. The van der Waals surface area contributed by atoms with Crippen molar-refractivity contribution >= 4 is 20.0 Å². The summed E-state index contributed by atoms with van der Waals surface area (Å²) in [6.45, 7) is 1.65. The van der Waals surface area contributed by atoms with Crippen molar-refractivity contribution in [2.75, 3.05) is 37.7 Å². The van der Waals surface area contributed by atoms with Crippen LogP contribution in [0.15, 0.2) is 0 Å². The average molecular weight is 325 g/mol. The lowest BCUT2D eigenvalue weighted by atomic mass is 10.0. The van der Waals surface area contributed by atoms with E-state index in [4.69, 9.17) is 5.73 Å². The van der Waals surface area contributed by atoms with E-state index in [2.05, 4.69) is 4.72 Å². The molecule has 2 heterocycles. The predicted octanol–water partition coefficient (Wildman–Crippen LogP) is -1.07. The maximum absolute atomic E-state index is 12.2. The summed E-state index contributed by atoms with van der Waals surface area (Å²) < 4.78 is 51.0. The molecule has 2 unspecified atom stereocenters. The monoisotopic (exact) mass is 325 g/mol. The Morgan fingerprint density at radius 3 is 2.60 bits per heavy atom. The van der Waals surface area contributed by atoms with Crippen molar-refractivity contribution in [1.29, 1.82) is 0 Å². The van der Waals surface area contributed by atoms with E-state index in [0.29, 0.717) is 26.1 Å². The first-order chi connectivity index (χ1) is 9.32. The lowest BCUT2D eigenvalue weighted by molar-refractivity contribution is 0.268. The van der Waals surface area contributed by atoms with Crippen LogP contribution in [0.3, 0.4) is 0 Å². The molecule has 20 heavy (non-hydrogen) atoms. The highest BCUT2D eigenvalue weighted by atomic mass is 32.2. The Morgan fingerprint density at radius 1 is 1.25 bits per heavy atom. The summed E-state index contributed by atoms with van der Waals surface area (Å²) in [5.41, 5.74) is 5.60. The molecule has 0 aliphatic carbocycles. The van der Waals surface area contributed by atoms with Gasteiger partial charge in [-0.05, 0) is 37.6 Å². The van der Waals surface area contributed by atoms with Gasteiger partial charge in [0.1, 0.15) is 0 Å². The molecule has 2 aliphatic rings. The van der Waals surface area contributed by atoms with Gasteiger partial charge in [0.15, 0.2) is 9.84 Å². The number of rotatable bonds is 5. The maximum Gasteiger partial charge on any atom is 0.279 e. The van der Waals surface area contributed by atoms with Crippen LogP contribution >= 0.6 is 0 Å². The van der Waals surface area contributed by atoms with Gasteiger partial charge >= 0.3 is 0 Å². The molecule has 0 aromatic rings. The second-order valence-corrected chi connectivity index (χ2v) is 9.71. The predicted molar refractivity (Wildman–Crippen MR) is 77.0 cm³/mol. The van der Waals surface area contributed by atoms with Gasteiger partial charge < -0.3 is 5.73 Å². The SMILES string of the molecule is NCC1CCCN(S(=O)(=O)NCC2CCS(=O)(=O)C2)C1. The molecule has 2 aliphatic heterocycles. The van der Waals surface area contributed by atoms with Crippen LogP contribution in [0.25, 0.3) is 0 Å². The number of hydrogen-bond acceptors (Lipinski definition) is 5. The zero-order valence-corrected chi connectivity index (χ0v) is 13.1. The molecule has 2 rings (SSSR count). The van der Waals surface area contributed by atoms with Crippen LogP contribution in [0, 0.1) is 11.8 Å². The molecule has 3 N–H and O–H groups in total. The second-order valence-electron chi connectivity index (χ2n) is 5.72. The molecule has 2 saturated heterocycles. The van der Waals surface area contributed by atoms with E-state index < -0.39 is 20.0 Å². The van der Waals surface area contributed by atoms with E-state index in [-0.39, 0.29) is 29.9 Å². The minimum absolute atomic E-state index is 0.0843. The molecule has 0 radical (unpaired) electrons. The minimum atomic E-state index is -3.52. The van der Waals surface area contributed by atoms with Crippen LogP contribution in [0.1, 0.15) is 19.3 Å². The van der Waals surface area contributed by atoms with Crippen LogP contribution in [-0.2, 0) is 20.0 Å². The van der Waals surface area contributed by atoms with Crippen molar-refractivity contribution in [3.63, 3.8) is 0 Å². The first kappa shape index (κ1) is 16.2. The van der Waals surface area contributed by atoms with Gasteiger partial charge in [0.05, 0.1) is 11.5 Å². The first-order valence-corrected chi connectivity index (χ1v) is 10.2. The van der Waals surface area contributed by atoms with Crippen molar-refractivity contribution in [3.05, 3.63) is 0 Å². The number of nitrogens with zero attached hydrogens (tertiary/aromatic N) is 1. The molecule has 118 valence electrons. The molecule has 7 nitrogen and oxygen atoms in total. The highest BCUT2D eigenvalue weighted by molar-refractivity contribution is 7.91. The zero-order chi connectivity index (χ0) is 14.8. The maximum atomic E-state index is 12.2. The Hall–Kier alpha value is -0.220. The summed E-state index contributed by atoms with van der Waals surface area (Å²) in [5, 5.41) is 0. The fourth-order valence-corrected chi connectivity index (χ4v) is 6.05. The molecular formula is C11H23N3O4S2. The van der Waals surface area contributed by atoms with Crippen LogP contribution in [-0.4, -0.2) is 58.8 Å². The Labute approximate surface area is 121 Å². The van der Waals surface area contributed by atoms with Gasteiger partial charge in [-0.15, -0.1) is 0 Å². The van der Waals surface area contributed by atoms with E-state index in [1.54, 1.807) is 0 Å². The lowest BCUT2D eigenvalue weighted by Crippen LogP contribution is -2.48. The normalized spacial score (nSPS) is 31.4. The second kappa shape index (κ2) is 6.27. The van der Waals surface area contributed by atoms with Gasteiger partial charge in [-0.2, -0.15) is 12.7 Å². The number of piperidine rings is 1. The van der Waals surface area contributed by atoms with Crippen molar-refractivity contribution in [2.24, 2.45) is 17.6 Å². The van der Waals surface area contributed by atoms with Gasteiger partial charge in [-0.3, -0.25) is 0 Å². The molecule has 0 spiro atoms. The Morgan fingerprint density at radius 2 is 2.00 bits per heavy atom. The van der Waals surface area contributed by atoms with Crippen LogP contribution in [0.4, 0.5) is 0 Å². The van der Waals surface area contributed by atoms with Crippen molar-refractivity contribution in [1.82, 2.24) is 9.03 Å². The van der Waals surface area contributed by atoms with E-state index in [1.807, 2.05) is 0 Å². The highest BCUT2D eigenvalue weighted by Crippen LogP contribution is 2.20. The van der Waals surface area contributed by atoms with E-state index in [9.17, 15) is 16.8 Å². The summed E-state index contributed by atoms with van der Waals surface area (Å²) in [6, 6.07) is 0. The average Bonchev–Trinajstić information content (AvgIpc) is 2.76. The molecule has 0 aromatic carbocycles.